The summed E-state index contributed by atoms with van der Waals surface area (Å²) in [5.41, 5.74) is 13.5. The molecule has 0 radical (unpaired) electrons. The van der Waals surface area contributed by atoms with Crippen molar-refractivity contribution in [2.75, 3.05) is 11.5 Å². The van der Waals surface area contributed by atoms with Gasteiger partial charge in [-0.3, -0.25) is 0 Å². The van der Waals surface area contributed by atoms with Crippen molar-refractivity contribution in [3.8, 4) is 0 Å². The van der Waals surface area contributed by atoms with Crippen molar-refractivity contribution in [1.29, 1.82) is 0 Å². The zero-order valence-electron chi connectivity index (χ0n) is 8.54. The van der Waals surface area contributed by atoms with Crippen LogP contribution in [-0.2, 0) is 0 Å². The minimum Gasteiger partial charge on any atom is -0.397 e. The molecule has 0 aliphatic rings. The lowest BCUT2D eigenvalue weighted by Crippen LogP contribution is -1.91. The summed E-state index contributed by atoms with van der Waals surface area (Å²) in [6, 6.07) is 7.25. The van der Waals surface area contributed by atoms with E-state index in [2.05, 4.69) is 19.9 Å². The van der Waals surface area contributed by atoms with Gasteiger partial charge in [-0.05, 0) is 32.9 Å². The second-order valence-electron chi connectivity index (χ2n) is 2.99. The third-order valence-corrected chi connectivity index (χ3v) is 1.57. The van der Waals surface area contributed by atoms with E-state index >= 15 is 0 Å². The average molecular weight is 178 g/mol. The lowest BCUT2D eigenvalue weighted by Gasteiger charge is -1.94. The first-order chi connectivity index (χ1) is 6.07. The van der Waals surface area contributed by atoms with E-state index in [9.17, 15) is 0 Å². The van der Waals surface area contributed by atoms with E-state index in [-0.39, 0.29) is 0 Å². The summed E-state index contributed by atoms with van der Waals surface area (Å²) < 4.78 is 0. The first kappa shape index (κ1) is 11.6. The highest BCUT2D eigenvalue weighted by molar-refractivity contribution is 5.62. The molecule has 2 heteroatoms. The van der Waals surface area contributed by atoms with Crippen molar-refractivity contribution in [3.63, 3.8) is 0 Å². The maximum absolute atomic E-state index is 5.39. The van der Waals surface area contributed by atoms with Gasteiger partial charge in [-0.15, -0.1) is 0 Å². The second-order valence-corrected chi connectivity index (χ2v) is 2.99. The summed E-state index contributed by atoms with van der Waals surface area (Å²) in [4.78, 5) is 0. The van der Waals surface area contributed by atoms with Crippen LogP contribution in [0, 0.1) is 0 Å². The number of anilines is 2. The van der Waals surface area contributed by atoms with Crippen molar-refractivity contribution >= 4 is 11.4 Å². The highest BCUT2D eigenvalue weighted by atomic mass is 14.7. The first-order valence-electron chi connectivity index (χ1n) is 4.27. The molecule has 0 spiro atoms. The van der Waals surface area contributed by atoms with Crippen LogP contribution >= 0.6 is 0 Å². The molecule has 72 valence electrons. The molecule has 2 nitrogen and oxygen atoms in total. The maximum atomic E-state index is 5.39. The fourth-order valence-corrected chi connectivity index (χ4v) is 0.511. The lowest BCUT2D eigenvalue weighted by molar-refractivity contribution is 1.36. The van der Waals surface area contributed by atoms with Crippen LogP contribution in [0.3, 0.4) is 0 Å². The summed E-state index contributed by atoms with van der Waals surface area (Å²) in [6.07, 6.45) is 2.08. The third kappa shape index (κ3) is 5.79. The number of rotatable bonds is 0. The minimum atomic E-state index is 0.646. The van der Waals surface area contributed by atoms with Crippen LogP contribution in [0.5, 0.6) is 0 Å². The summed E-state index contributed by atoms with van der Waals surface area (Å²) >= 11 is 0. The number of nitrogen functional groups attached to an aromatic ring is 2. The Hall–Kier alpha value is -1.44. The normalized spacial score (nSPS) is 8.23. The van der Waals surface area contributed by atoms with Gasteiger partial charge in [0.2, 0.25) is 0 Å². The Morgan fingerprint density at radius 1 is 1.08 bits per heavy atom. The fourth-order valence-electron chi connectivity index (χ4n) is 0.511. The van der Waals surface area contributed by atoms with Gasteiger partial charge in [0.1, 0.15) is 0 Å². The largest absolute Gasteiger partial charge is 0.397 e. The van der Waals surface area contributed by atoms with Crippen LogP contribution in [0.1, 0.15) is 20.8 Å². The van der Waals surface area contributed by atoms with Gasteiger partial charge in [0.05, 0.1) is 11.4 Å². The predicted molar refractivity (Wildman–Crippen MR) is 60.4 cm³/mol. The zero-order valence-corrected chi connectivity index (χ0v) is 8.54. The molecule has 1 aromatic carbocycles. The molecule has 0 saturated carbocycles. The average Bonchev–Trinajstić information content (AvgIpc) is 2.11. The van der Waals surface area contributed by atoms with E-state index in [0.717, 1.165) is 0 Å². The Kier molecular flexibility index (Phi) is 5.44. The molecule has 1 aromatic rings. The van der Waals surface area contributed by atoms with Crippen molar-refractivity contribution in [1.82, 2.24) is 0 Å². The van der Waals surface area contributed by atoms with Crippen LogP contribution in [0.4, 0.5) is 11.4 Å². The van der Waals surface area contributed by atoms with Gasteiger partial charge in [-0.2, -0.15) is 0 Å². The van der Waals surface area contributed by atoms with E-state index < -0.39 is 0 Å². The van der Waals surface area contributed by atoms with E-state index in [1.807, 2.05) is 19.1 Å². The number of hydrogen-bond acceptors (Lipinski definition) is 2. The van der Waals surface area contributed by atoms with Crippen LogP contribution in [0.2, 0.25) is 0 Å². The number of allylic oxidation sites excluding steroid dienone is 2. The number of nitrogens with two attached hydrogens (primary N) is 2. The van der Waals surface area contributed by atoms with Gasteiger partial charge in [-0.25, -0.2) is 0 Å². The van der Waals surface area contributed by atoms with Crippen LogP contribution in [0.25, 0.3) is 0 Å². The summed E-state index contributed by atoms with van der Waals surface area (Å²) in [5.74, 6) is 0. The smallest absolute Gasteiger partial charge is 0.0547 e. The topological polar surface area (TPSA) is 52.0 Å². The van der Waals surface area contributed by atoms with Gasteiger partial charge in [0.25, 0.3) is 0 Å². The highest BCUT2D eigenvalue weighted by Crippen LogP contribution is 2.10. The SMILES string of the molecule is CC=C(C)C.Nc1ccccc1N. The molecule has 0 aliphatic carbocycles. The summed E-state index contributed by atoms with van der Waals surface area (Å²) in [5, 5.41) is 0. The molecule has 0 fully saturated rings. The first-order valence-corrected chi connectivity index (χ1v) is 4.27. The lowest BCUT2D eigenvalue weighted by atomic mass is 10.3. The minimum absolute atomic E-state index is 0.646. The number of benzene rings is 1. The molecule has 1 rings (SSSR count). The maximum Gasteiger partial charge on any atom is 0.0547 e. The van der Waals surface area contributed by atoms with Crippen molar-refractivity contribution in [2.45, 2.75) is 20.8 Å². The van der Waals surface area contributed by atoms with Gasteiger partial charge in [-0.1, -0.05) is 23.8 Å². The van der Waals surface area contributed by atoms with E-state index in [0.29, 0.717) is 11.4 Å². The fraction of sp³-hybridized carbons (Fsp3) is 0.273. The molecule has 0 amide bonds. The molecule has 4 N–H and O–H groups in total. The Labute approximate surface area is 80.3 Å². The zero-order chi connectivity index (χ0) is 10.3. The Bertz CT molecular complexity index is 252. The highest BCUT2D eigenvalue weighted by Gasteiger charge is 1.85. The number of hydrogen-bond donors (Lipinski definition) is 2. The molecule has 0 aromatic heterocycles. The summed E-state index contributed by atoms with van der Waals surface area (Å²) in [7, 11) is 0. The van der Waals surface area contributed by atoms with Gasteiger partial charge >= 0.3 is 0 Å². The van der Waals surface area contributed by atoms with Crippen molar-refractivity contribution in [3.05, 3.63) is 35.9 Å². The van der Waals surface area contributed by atoms with E-state index in [4.69, 9.17) is 11.5 Å². The number of para-hydroxylation sites is 2. The van der Waals surface area contributed by atoms with Crippen LogP contribution in [0.15, 0.2) is 35.9 Å². The van der Waals surface area contributed by atoms with Crippen molar-refractivity contribution in [2.24, 2.45) is 0 Å². The predicted octanol–water partition coefficient (Wildman–Crippen LogP) is 2.82. The standard InChI is InChI=1S/C6H8N2.C5H10/c7-5-3-1-2-4-6(5)8;1-4-5(2)3/h1-4H,7-8H2;4H,1-3H3. The molecular formula is C11H18N2. The molecule has 0 aliphatic heterocycles. The molecular weight excluding hydrogens is 160 g/mol. The third-order valence-electron chi connectivity index (χ3n) is 1.57. The van der Waals surface area contributed by atoms with Gasteiger partial charge < -0.3 is 11.5 Å². The quantitative estimate of drug-likeness (QED) is 0.474. The van der Waals surface area contributed by atoms with E-state index in [1.165, 1.54) is 5.57 Å². The van der Waals surface area contributed by atoms with Crippen molar-refractivity contribution < 1.29 is 0 Å². The molecule has 13 heavy (non-hydrogen) atoms. The summed E-state index contributed by atoms with van der Waals surface area (Å²) in [6.45, 7) is 6.20. The Morgan fingerprint density at radius 2 is 1.38 bits per heavy atom. The van der Waals surface area contributed by atoms with Gasteiger partial charge in [0.15, 0.2) is 0 Å². The monoisotopic (exact) mass is 178 g/mol. The molecule has 0 bridgehead atoms. The molecule has 0 unspecified atom stereocenters. The second kappa shape index (κ2) is 6.12. The molecule has 0 saturated heterocycles. The van der Waals surface area contributed by atoms with Crippen LogP contribution < -0.4 is 11.5 Å². The van der Waals surface area contributed by atoms with E-state index in [1.54, 1.807) is 12.1 Å². The Balaban J connectivity index is 0.000000252. The van der Waals surface area contributed by atoms with Gasteiger partial charge in [0, 0.05) is 0 Å². The molecule has 0 atom stereocenters. The molecule has 0 heterocycles. The Morgan fingerprint density at radius 3 is 1.54 bits per heavy atom. The van der Waals surface area contributed by atoms with Crippen LogP contribution in [-0.4, -0.2) is 0 Å².